The van der Waals surface area contributed by atoms with Crippen LogP contribution in [0.15, 0.2) is 22.7 Å². The van der Waals surface area contributed by atoms with Crippen LogP contribution < -0.4 is 0 Å². The number of halogens is 2. The van der Waals surface area contributed by atoms with Gasteiger partial charge in [0.1, 0.15) is 5.82 Å². The van der Waals surface area contributed by atoms with Crippen LogP contribution in [-0.2, 0) is 0 Å². The molecular formula is C18H23BrFNO2. The van der Waals surface area contributed by atoms with Gasteiger partial charge < -0.3 is 10.0 Å². The van der Waals surface area contributed by atoms with Gasteiger partial charge in [0.05, 0.1) is 5.56 Å². The van der Waals surface area contributed by atoms with Crippen molar-refractivity contribution in [2.24, 2.45) is 5.92 Å². The fourth-order valence-corrected chi connectivity index (χ4v) is 4.01. The van der Waals surface area contributed by atoms with Gasteiger partial charge in [-0.15, -0.1) is 0 Å². The van der Waals surface area contributed by atoms with E-state index in [1.165, 1.54) is 6.07 Å². The molecule has 0 radical (unpaired) electrons. The Labute approximate surface area is 145 Å². The van der Waals surface area contributed by atoms with E-state index in [-0.39, 0.29) is 30.2 Å². The van der Waals surface area contributed by atoms with Crippen molar-refractivity contribution in [3.8, 4) is 0 Å². The van der Waals surface area contributed by atoms with Crippen molar-refractivity contribution >= 4 is 21.8 Å². The second kappa shape index (κ2) is 7.31. The van der Waals surface area contributed by atoms with Crippen molar-refractivity contribution in [3.05, 3.63) is 34.1 Å². The first kappa shape index (κ1) is 16.9. The predicted octanol–water partition coefficient (Wildman–Crippen LogP) is 4.13. The van der Waals surface area contributed by atoms with Crippen LogP contribution >= 0.6 is 15.9 Å². The van der Waals surface area contributed by atoms with E-state index in [2.05, 4.69) is 15.9 Å². The van der Waals surface area contributed by atoms with Crippen LogP contribution in [0, 0.1) is 11.7 Å². The third-order valence-corrected chi connectivity index (χ3v) is 5.58. The molecule has 1 amide bonds. The summed E-state index contributed by atoms with van der Waals surface area (Å²) in [5.41, 5.74) is 0.178. The van der Waals surface area contributed by atoms with Gasteiger partial charge in [-0.1, -0.05) is 15.9 Å². The average molecular weight is 384 g/mol. The Morgan fingerprint density at radius 2 is 1.78 bits per heavy atom. The van der Waals surface area contributed by atoms with Crippen molar-refractivity contribution in [2.45, 2.75) is 57.0 Å². The SMILES string of the molecule is O=C(c1ccc(Br)cc1F)N(C1CCC(CCO)CC1)C1CC1. The van der Waals surface area contributed by atoms with E-state index in [0.717, 1.165) is 44.9 Å². The Bertz CT molecular complexity index is 568. The Hall–Kier alpha value is -0.940. The molecule has 0 unspecified atom stereocenters. The van der Waals surface area contributed by atoms with E-state index in [1.54, 1.807) is 12.1 Å². The molecule has 1 aromatic rings. The van der Waals surface area contributed by atoms with E-state index in [4.69, 9.17) is 5.11 Å². The quantitative estimate of drug-likeness (QED) is 0.829. The lowest BCUT2D eigenvalue weighted by molar-refractivity contribution is 0.0573. The normalized spacial score (nSPS) is 24.5. The van der Waals surface area contributed by atoms with Crippen LogP contribution in [0.25, 0.3) is 0 Å². The molecule has 23 heavy (non-hydrogen) atoms. The van der Waals surface area contributed by atoms with Gasteiger partial charge >= 0.3 is 0 Å². The van der Waals surface area contributed by atoms with E-state index in [9.17, 15) is 9.18 Å². The van der Waals surface area contributed by atoms with E-state index < -0.39 is 5.82 Å². The first-order valence-corrected chi connectivity index (χ1v) is 9.28. The number of carbonyl (C=O) groups excluding carboxylic acids is 1. The maximum Gasteiger partial charge on any atom is 0.257 e. The number of amides is 1. The number of nitrogens with zero attached hydrogens (tertiary/aromatic N) is 1. The Kier molecular flexibility index (Phi) is 5.37. The van der Waals surface area contributed by atoms with Gasteiger partial charge in [-0.05, 0) is 69.1 Å². The molecule has 5 heteroatoms. The number of rotatable bonds is 5. The van der Waals surface area contributed by atoms with Crippen molar-refractivity contribution in [1.82, 2.24) is 4.90 Å². The highest BCUT2D eigenvalue weighted by Gasteiger charge is 2.39. The minimum absolute atomic E-state index is 0.164. The topological polar surface area (TPSA) is 40.5 Å². The molecule has 3 nitrogen and oxygen atoms in total. The first-order valence-electron chi connectivity index (χ1n) is 8.48. The lowest BCUT2D eigenvalue weighted by Gasteiger charge is -2.37. The van der Waals surface area contributed by atoms with Crippen molar-refractivity contribution in [3.63, 3.8) is 0 Å². The standard InChI is InChI=1S/C18H23BrFNO2/c19-13-3-8-16(17(20)11-13)18(23)21(15-6-7-15)14-4-1-12(2-5-14)9-10-22/h3,8,11-12,14-15,22H,1-2,4-7,9-10H2. The second-order valence-corrected chi connectivity index (χ2v) is 7.67. The van der Waals surface area contributed by atoms with Crippen molar-refractivity contribution in [1.29, 1.82) is 0 Å². The number of benzene rings is 1. The summed E-state index contributed by atoms with van der Waals surface area (Å²) in [5, 5.41) is 9.07. The molecule has 0 saturated heterocycles. The molecule has 0 aliphatic heterocycles. The summed E-state index contributed by atoms with van der Waals surface area (Å²) < 4.78 is 14.8. The first-order chi connectivity index (χ1) is 11.1. The fourth-order valence-electron chi connectivity index (χ4n) is 3.68. The van der Waals surface area contributed by atoms with E-state index in [0.29, 0.717) is 10.4 Å². The van der Waals surface area contributed by atoms with Crippen molar-refractivity contribution in [2.75, 3.05) is 6.61 Å². The second-order valence-electron chi connectivity index (χ2n) is 6.75. The summed E-state index contributed by atoms with van der Waals surface area (Å²) >= 11 is 3.24. The highest BCUT2D eigenvalue weighted by atomic mass is 79.9. The summed E-state index contributed by atoms with van der Waals surface area (Å²) in [6.07, 6.45) is 6.93. The molecule has 1 N–H and O–H groups in total. The number of hydrogen-bond acceptors (Lipinski definition) is 2. The molecule has 2 fully saturated rings. The summed E-state index contributed by atoms with van der Waals surface area (Å²) in [6.45, 7) is 0.241. The molecule has 0 heterocycles. The zero-order valence-electron chi connectivity index (χ0n) is 13.2. The van der Waals surface area contributed by atoms with Gasteiger partial charge in [0.2, 0.25) is 0 Å². The number of aliphatic hydroxyl groups excluding tert-OH is 1. The minimum atomic E-state index is -0.455. The van der Waals surface area contributed by atoms with Gasteiger partial charge in [0.25, 0.3) is 5.91 Å². The summed E-state index contributed by atoms with van der Waals surface area (Å²) in [5.74, 6) is -0.0519. The molecule has 126 valence electrons. The minimum Gasteiger partial charge on any atom is -0.396 e. The lowest BCUT2D eigenvalue weighted by Crippen LogP contribution is -2.44. The van der Waals surface area contributed by atoms with Gasteiger partial charge in [-0.2, -0.15) is 0 Å². The molecule has 2 aliphatic rings. The number of aliphatic hydroxyl groups is 1. The maximum absolute atomic E-state index is 14.2. The fraction of sp³-hybridized carbons (Fsp3) is 0.611. The smallest absolute Gasteiger partial charge is 0.257 e. The summed E-state index contributed by atoms with van der Waals surface area (Å²) in [7, 11) is 0. The highest BCUT2D eigenvalue weighted by Crippen LogP contribution is 2.37. The Morgan fingerprint density at radius 1 is 1.17 bits per heavy atom. The third kappa shape index (κ3) is 3.94. The summed E-state index contributed by atoms with van der Waals surface area (Å²) in [4.78, 5) is 14.8. The lowest BCUT2D eigenvalue weighted by atomic mass is 9.83. The van der Waals surface area contributed by atoms with Crippen LogP contribution in [-0.4, -0.2) is 34.6 Å². The molecule has 0 spiro atoms. The molecular weight excluding hydrogens is 361 g/mol. The molecule has 0 bridgehead atoms. The third-order valence-electron chi connectivity index (χ3n) is 5.08. The molecule has 1 aromatic carbocycles. The van der Waals surface area contributed by atoms with E-state index >= 15 is 0 Å². The van der Waals surface area contributed by atoms with Crippen LogP contribution in [0.1, 0.15) is 55.3 Å². The summed E-state index contributed by atoms with van der Waals surface area (Å²) in [6, 6.07) is 5.16. The zero-order valence-corrected chi connectivity index (χ0v) is 14.8. The van der Waals surface area contributed by atoms with Gasteiger partial charge in [-0.3, -0.25) is 4.79 Å². The Morgan fingerprint density at radius 3 is 2.30 bits per heavy atom. The highest BCUT2D eigenvalue weighted by molar-refractivity contribution is 9.10. The van der Waals surface area contributed by atoms with Gasteiger partial charge in [0, 0.05) is 23.2 Å². The van der Waals surface area contributed by atoms with Crippen LogP contribution in [0.2, 0.25) is 0 Å². The molecule has 0 aromatic heterocycles. The van der Waals surface area contributed by atoms with Crippen LogP contribution in [0.4, 0.5) is 4.39 Å². The number of hydrogen-bond donors (Lipinski definition) is 1. The molecule has 3 rings (SSSR count). The predicted molar refractivity (Wildman–Crippen MR) is 90.7 cm³/mol. The van der Waals surface area contributed by atoms with E-state index in [1.807, 2.05) is 4.90 Å². The van der Waals surface area contributed by atoms with Crippen LogP contribution in [0.5, 0.6) is 0 Å². The maximum atomic E-state index is 14.2. The van der Waals surface area contributed by atoms with Gasteiger partial charge in [-0.25, -0.2) is 4.39 Å². The molecule has 2 aliphatic carbocycles. The Balaban J connectivity index is 1.73. The van der Waals surface area contributed by atoms with Crippen molar-refractivity contribution < 1.29 is 14.3 Å². The largest absolute Gasteiger partial charge is 0.396 e. The monoisotopic (exact) mass is 383 g/mol. The van der Waals surface area contributed by atoms with Gasteiger partial charge in [0.15, 0.2) is 0 Å². The molecule has 2 saturated carbocycles. The zero-order chi connectivity index (χ0) is 16.4. The average Bonchev–Trinajstić information content (AvgIpc) is 3.34. The number of carbonyl (C=O) groups is 1. The molecule has 0 atom stereocenters. The van der Waals surface area contributed by atoms with Crippen LogP contribution in [0.3, 0.4) is 0 Å².